The number of azo groups is 2. The number of aromatic hydroxyl groups is 2. The Balaban J connectivity index is 1.20. The third kappa shape index (κ3) is 7.36. The molecule has 0 radical (unpaired) electrons. The van der Waals surface area contributed by atoms with Crippen LogP contribution in [0.5, 0.6) is 23.0 Å². The van der Waals surface area contributed by atoms with E-state index in [1.165, 1.54) is 32.4 Å². The summed E-state index contributed by atoms with van der Waals surface area (Å²) in [6.07, 6.45) is 0. The lowest BCUT2D eigenvalue weighted by Crippen LogP contribution is -1.99. The summed E-state index contributed by atoms with van der Waals surface area (Å²) in [6.45, 7) is 0. The minimum atomic E-state index is -4.85. The maximum atomic E-state index is 12.5. The van der Waals surface area contributed by atoms with Gasteiger partial charge in [0.05, 0.1) is 14.2 Å². The maximum absolute atomic E-state index is 12.5. The van der Waals surface area contributed by atoms with Crippen molar-refractivity contribution in [1.29, 1.82) is 0 Å². The Labute approximate surface area is 320 Å². The van der Waals surface area contributed by atoms with Crippen LogP contribution in [-0.2, 0) is 20.2 Å². The van der Waals surface area contributed by atoms with Crippen molar-refractivity contribution >= 4 is 64.5 Å². The molecule has 0 saturated heterocycles. The molecule has 0 amide bonds. The van der Waals surface area contributed by atoms with E-state index in [9.17, 15) is 36.2 Å². The molecule has 0 aliphatic carbocycles. The Hall–Kier alpha value is -6.72. The van der Waals surface area contributed by atoms with Crippen molar-refractivity contribution in [1.82, 2.24) is 0 Å². The summed E-state index contributed by atoms with van der Waals surface area (Å²) in [4.78, 5) is -1.07. The molecule has 14 nitrogen and oxygen atoms in total. The molecule has 0 aliphatic heterocycles. The molecule has 0 aromatic heterocycles. The number of nitrogens with zero attached hydrogens (tertiary/aromatic N) is 4. The summed E-state index contributed by atoms with van der Waals surface area (Å²) in [7, 11) is -6.70. The smallest absolute Gasteiger partial charge is 0.296 e. The lowest BCUT2D eigenvalue weighted by Gasteiger charge is -2.12. The van der Waals surface area contributed by atoms with Gasteiger partial charge in [0, 0.05) is 16.2 Å². The number of hydrogen-bond acceptors (Lipinski definition) is 12. The Kier molecular flexibility index (Phi) is 9.96. The van der Waals surface area contributed by atoms with Gasteiger partial charge in [-0.15, -0.1) is 20.5 Å². The molecular weight excluding hydrogens is 761 g/mol. The summed E-state index contributed by atoms with van der Waals surface area (Å²) in [5.74, 6) is -0.325. The summed E-state index contributed by atoms with van der Waals surface area (Å²) < 4.78 is 80.2. The van der Waals surface area contributed by atoms with E-state index in [0.717, 1.165) is 17.2 Å². The second kappa shape index (κ2) is 14.8. The Bertz CT molecular complexity index is 2970. The Morgan fingerprint density at radius 2 is 0.982 bits per heavy atom. The normalized spacial score (nSPS) is 12.2. The van der Waals surface area contributed by atoms with Crippen molar-refractivity contribution in [2.24, 2.45) is 20.5 Å². The van der Waals surface area contributed by atoms with Gasteiger partial charge in [-0.2, -0.15) is 16.8 Å². The number of phenols is 2. The summed E-state index contributed by atoms with van der Waals surface area (Å²) in [5, 5.41) is 39.4. The molecule has 0 aliphatic rings. The van der Waals surface area contributed by atoms with E-state index in [1.54, 1.807) is 66.7 Å². The lowest BCUT2D eigenvalue weighted by molar-refractivity contribution is 0.415. The van der Waals surface area contributed by atoms with E-state index in [4.69, 9.17) is 9.47 Å². The molecule has 282 valence electrons. The van der Waals surface area contributed by atoms with E-state index >= 15 is 0 Å². The van der Waals surface area contributed by atoms with Crippen LogP contribution in [0.3, 0.4) is 0 Å². The Morgan fingerprint density at radius 3 is 1.57 bits per heavy atom. The van der Waals surface area contributed by atoms with Crippen LogP contribution in [0.2, 0.25) is 0 Å². The maximum Gasteiger partial charge on any atom is 0.296 e. The van der Waals surface area contributed by atoms with Gasteiger partial charge in [0.2, 0.25) is 0 Å². The second-order valence-electron chi connectivity index (χ2n) is 12.3. The largest absolute Gasteiger partial charge is 0.505 e. The second-order valence-corrected chi connectivity index (χ2v) is 15.1. The number of phenolic OH excluding ortho intramolecular Hbond substituents is 2. The number of benzene rings is 7. The monoisotopic (exact) mass is 790 g/mol. The molecule has 7 aromatic rings. The summed E-state index contributed by atoms with van der Waals surface area (Å²) in [5.41, 5.74) is 2.67. The number of methoxy groups -OCH3 is 2. The van der Waals surface area contributed by atoms with Crippen molar-refractivity contribution in [2.75, 3.05) is 14.2 Å². The average Bonchev–Trinajstić information content (AvgIpc) is 3.19. The fourth-order valence-electron chi connectivity index (χ4n) is 6.15. The van der Waals surface area contributed by atoms with Crippen LogP contribution < -0.4 is 9.47 Å². The zero-order valence-corrected chi connectivity index (χ0v) is 31.0. The van der Waals surface area contributed by atoms with Crippen molar-refractivity contribution in [3.05, 3.63) is 121 Å². The number of rotatable bonds is 10. The van der Waals surface area contributed by atoms with E-state index < -0.39 is 41.5 Å². The third-order valence-corrected chi connectivity index (χ3v) is 10.6. The van der Waals surface area contributed by atoms with Crippen LogP contribution >= 0.6 is 0 Å². The lowest BCUT2D eigenvalue weighted by atomic mass is 10.0. The highest BCUT2D eigenvalue weighted by molar-refractivity contribution is 7.86. The van der Waals surface area contributed by atoms with Gasteiger partial charge in [0.15, 0.2) is 11.5 Å². The predicted octanol–water partition coefficient (Wildman–Crippen LogP) is 10.1. The molecule has 0 fully saturated rings. The Morgan fingerprint density at radius 1 is 0.464 bits per heavy atom. The van der Waals surface area contributed by atoms with Crippen molar-refractivity contribution in [3.63, 3.8) is 0 Å². The molecule has 0 saturated carbocycles. The molecule has 7 aromatic carbocycles. The van der Waals surface area contributed by atoms with Gasteiger partial charge in [-0.25, -0.2) is 0 Å². The molecule has 7 rings (SSSR count). The molecule has 16 heteroatoms. The fraction of sp³-hybridized carbons (Fsp3) is 0.0500. The first kappa shape index (κ1) is 37.6. The topological polar surface area (TPSA) is 217 Å². The summed E-state index contributed by atoms with van der Waals surface area (Å²) >= 11 is 0. The van der Waals surface area contributed by atoms with Crippen LogP contribution in [-0.4, -0.2) is 50.4 Å². The highest BCUT2D eigenvalue weighted by Gasteiger charge is 2.23. The number of ether oxygens (including phenoxy) is 2. The van der Waals surface area contributed by atoms with E-state index in [-0.39, 0.29) is 45.1 Å². The quantitative estimate of drug-likeness (QED) is 0.0759. The minimum absolute atomic E-state index is 0.115. The van der Waals surface area contributed by atoms with Gasteiger partial charge in [0.1, 0.15) is 44.0 Å². The van der Waals surface area contributed by atoms with Crippen LogP contribution in [0.4, 0.5) is 22.7 Å². The zero-order chi connectivity index (χ0) is 39.8. The molecule has 0 heterocycles. The SMILES string of the molecule is COc1cc(-c2ccc(N=Nc3c(S(=O)(=O)O)cc4cc(-c5ccccc5)ccc4c3O)c(OC)c2)ccc1N=Nc1cc(S(=O)(=O)O)c2ccccc2c1O. The van der Waals surface area contributed by atoms with Gasteiger partial charge in [-0.3, -0.25) is 9.11 Å². The van der Waals surface area contributed by atoms with E-state index in [2.05, 4.69) is 20.5 Å². The highest BCUT2D eigenvalue weighted by atomic mass is 32.2. The first-order valence-electron chi connectivity index (χ1n) is 16.5. The first-order valence-corrected chi connectivity index (χ1v) is 19.4. The number of hydrogen-bond donors (Lipinski definition) is 4. The molecular formula is C40H30N4O10S2. The van der Waals surface area contributed by atoms with Crippen molar-refractivity contribution in [2.45, 2.75) is 9.79 Å². The van der Waals surface area contributed by atoms with Gasteiger partial charge < -0.3 is 19.7 Å². The number of fused-ring (bicyclic) bond motifs is 2. The molecule has 4 N–H and O–H groups in total. The predicted molar refractivity (Wildman–Crippen MR) is 210 cm³/mol. The first-order chi connectivity index (χ1) is 26.8. The van der Waals surface area contributed by atoms with Gasteiger partial charge in [-0.1, -0.05) is 72.8 Å². The molecule has 0 atom stereocenters. The molecule has 0 spiro atoms. The summed E-state index contributed by atoms with van der Waals surface area (Å²) in [6, 6.07) is 32.6. The molecule has 56 heavy (non-hydrogen) atoms. The fourth-order valence-corrected chi connectivity index (χ4v) is 7.52. The van der Waals surface area contributed by atoms with E-state index in [1.807, 2.05) is 30.3 Å². The van der Waals surface area contributed by atoms with Crippen LogP contribution in [0.25, 0.3) is 43.8 Å². The van der Waals surface area contributed by atoms with Crippen LogP contribution in [0, 0.1) is 0 Å². The van der Waals surface area contributed by atoms with Crippen molar-refractivity contribution < 1.29 is 45.6 Å². The standard InChI is InChI=1S/C40H30N4O10S2/c1-53-34-19-25(13-16-31(34)41-43-33-22-36(55(47,48)49)29-10-6-7-11-30(29)39(33)45)26-14-17-32(35(20-26)54-2)42-44-38-37(56(50,51)52)21-27-18-24(12-15-28(27)40(38)46)23-8-4-3-5-9-23/h3-22,45-46H,1-2H3,(H,47,48,49)(H,50,51,52). The molecule has 0 unspecified atom stereocenters. The van der Waals surface area contributed by atoms with Crippen LogP contribution in [0.15, 0.2) is 152 Å². The molecule has 0 bridgehead atoms. The highest BCUT2D eigenvalue weighted by Crippen LogP contribution is 2.45. The zero-order valence-electron chi connectivity index (χ0n) is 29.4. The van der Waals surface area contributed by atoms with Gasteiger partial charge in [-0.05, 0) is 76.2 Å². The minimum Gasteiger partial charge on any atom is -0.505 e. The van der Waals surface area contributed by atoms with Gasteiger partial charge >= 0.3 is 0 Å². The average molecular weight is 791 g/mol. The van der Waals surface area contributed by atoms with Crippen molar-refractivity contribution in [3.8, 4) is 45.3 Å². The van der Waals surface area contributed by atoms with Crippen LogP contribution in [0.1, 0.15) is 0 Å². The van der Waals surface area contributed by atoms with E-state index in [0.29, 0.717) is 21.9 Å². The van der Waals surface area contributed by atoms with Gasteiger partial charge in [0.25, 0.3) is 20.2 Å². The third-order valence-electron chi connectivity index (χ3n) is 8.89.